The molecular weight excluding hydrogens is 266 g/mol. The van der Waals surface area contributed by atoms with Crippen molar-refractivity contribution in [2.75, 3.05) is 19.0 Å². The van der Waals surface area contributed by atoms with Crippen LogP contribution >= 0.6 is 0 Å². The van der Waals surface area contributed by atoms with Crippen molar-refractivity contribution >= 4 is 11.6 Å². The Morgan fingerprint density at radius 2 is 1.86 bits per heavy atom. The number of para-hydroxylation sites is 1. The van der Waals surface area contributed by atoms with Gasteiger partial charge in [-0.1, -0.05) is 31.2 Å². The smallest absolute Gasteiger partial charge is 0.262 e. The molecule has 0 atom stereocenters. The van der Waals surface area contributed by atoms with Gasteiger partial charge in [0, 0.05) is 11.8 Å². The van der Waals surface area contributed by atoms with Gasteiger partial charge in [-0.25, -0.2) is 0 Å². The molecule has 110 valence electrons. The van der Waals surface area contributed by atoms with Crippen molar-refractivity contribution in [3.63, 3.8) is 0 Å². The van der Waals surface area contributed by atoms with Crippen LogP contribution in [-0.2, 0) is 11.2 Å². The normalized spacial score (nSPS) is 10.0. The highest BCUT2D eigenvalue weighted by Gasteiger charge is 2.06. The Kier molecular flexibility index (Phi) is 5.21. The third kappa shape index (κ3) is 4.24. The van der Waals surface area contributed by atoms with Crippen LogP contribution in [0.3, 0.4) is 0 Å². The summed E-state index contributed by atoms with van der Waals surface area (Å²) in [6, 6.07) is 14.9. The summed E-state index contributed by atoms with van der Waals surface area (Å²) in [7, 11) is 1.59. The number of hydrogen-bond acceptors (Lipinski definition) is 3. The van der Waals surface area contributed by atoms with E-state index in [1.807, 2.05) is 36.4 Å². The highest BCUT2D eigenvalue weighted by Crippen LogP contribution is 2.19. The highest BCUT2D eigenvalue weighted by molar-refractivity contribution is 5.92. The zero-order valence-electron chi connectivity index (χ0n) is 12.3. The maximum atomic E-state index is 11.9. The molecule has 4 nitrogen and oxygen atoms in total. The topological polar surface area (TPSA) is 47.6 Å². The van der Waals surface area contributed by atoms with Gasteiger partial charge in [-0.05, 0) is 30.2 Å². The molecule has 0 radical (unpaired) electrons. The van der Waals surface area contributed by atoms with Crippen LogP contribution in [0.15, 0.2) is 48.5 Å². The standard InChI is InChI=1S/C17H19NO3/c1-3-13-7-4-5-10-16(13)18-17(19)12-21-15-9-6-8-14(11-15)20-2/h4-11H,3,12H2,1-2H3,(H,18,19). The van der Waals surface area contributed by atoms with E-state index in [4.69, 9.17) is 9.47 Å². The van der Waals surface area contributed by atoms with Crippen LogP contribution in [0.1, 0.15) is 12.5 Å². The largest absolute Gasteiger partial charge is 0.497 e. The summed E-state index contributed by atoms with van der Waals surface area (Å²) in [5.41, 5.74) is 1.94. The molecule has 4 heteroatoms. The average molecular weight is 285 g/mol. The molecule has 0 aromatic heterocycles. The lowest BCUT2D eigenvalue weighted by Gasteiger charge is -2.11. The van der Waals surface area contributed by atoms with Crippen molar-refractivity contribution in [2.24, 2.45) is 0 Å². The number of benzene rings is 2. The predicted octanol–water partition coefficient (Wildman–Crippen LogP) is 3.28. The first-order valence-corrected chi connectivity index (χ1v) is 6.87. The van der Waals surface area contributed by atoms with Crippen molar-refractivity contribution in [1.82, 2.24) is 0 Å². The number of amides is 1. The van der Waals surface area contributed by atoms with E-state index < -0.39 is 0 Å². The van der Waals surface area contributed by atoms with Gasteiger partial charge in [0.1, 0.15) is 11.5 Å². The SMILES string of the molecule is CCc1ccccc1NC(=O)COc1cccc(OC)c1. The number of aryl methyl sites for hydroxylation is 1. The Bertz CT molecular complexity index is 610. The molecule has 1 amide bonds. The first-order valence-electron chi connectivity index (χ1n) is 6.87. The molecule has 0 unspecified atom stereocenters. The molecule has 0 aliphatic rings. The Morgan fingerprint density at radius 3 is 2.62 bits per heavy atom. The average Bonchev–Trinajstić information content (AvgIpc) is 2.53. The van der Waals surface area contributed by atoms with Crippen LogP contribution in [-0.4, -0.2) is 19.6 Å². The summed E-state index contributed by atoms with van der Waals surface area (Å²) in [5.74, 6) is 1.12. The minimum absolute atomic E-state index is 0.0365. The second-order valence-corrected chi connectivity index (χ2v) is 4.53. The van der Waals surface area contributed by atoms with Crippen molar-refractivity contribution < 1.29 is 14.3 Å². The maximum absolute atomic E-state index is 11.9. The maximum Gasteiger partial charge on any atom is 0.262 e. The number of carbonyl (C=O) groups excluding carboxylic acids is 1. The summed E-state index contributed by atoms with van der Waals surface area (Å²) in [6.45, 7) is 2.02. The summed E-state index contributed by atoms with van der Waals surface area (Å²) in [4.78, 5) is 11.9. The zero-order chi connectivity index (χ0) is 15.1. The van der Waals surface area contributed by atoms with Crippen LogP contribution in [0.25, 0.3) is 0 Å². The minimum atomic E-state index is -0.182. The Hall–Kier alpha value is -2.49. The van der Waals surface area contributed by atoms with E-state index in [2.05, 4.69) is 12.2 Å². The lowest BCUT2D eigenvalue weighted by molar-refractivity contribution is -0.118. The van der Waals surface area contributed by atoms with Gasteiger partial charge in [0.2, 0.25) is 0 Å². The molecule has 21 heavy (non-hydrogen) atoms. The van der Waals surface area contributed by atoms with E-state index >= 15 is 0 Å². The third-order valence-corrected chi connectivity index (χ3v) is 3.08. The van der Waals surface area contributed by atoms with Crippen molar-refractivity contribution in [1.29, 1.82) is 0 Å². The quantitative estimate of drug-likeness (QED) is 0.886. The number of hydrogen-bond donors (Lipinski definition) is 1. The zero-order valence-corrected chi connectivity index (χ0v) is 12.3. The van der Waals surface area contributed by atoms with E-state index in [0.29, 0.717) is 11.5 Å². The van der Waals surface area contributed by atoms with E-state index in [9.17, 15) is 4.79 Å². The van der Waals surface area contributed by atoms with Gasteiger partial charge < -0.3 is 14.8 Å². The first kappa shape index (κ1) is 14.9. The molecule has 0 heterocycles. The van der Waals surface area contributed by atoms with Gasteiger partial charge in [0.05, 0.1) is 7.11 Å². The van der Waals surface area contributed by atoms with Gasteiger partial charge in [-0.3, -0.25) is 4.79 Å². The molecule has 0 fully saturated rings. The van der Waals surface area contributed by atoms with Gasteiger partial charge in [0.15, 0.2) is 6.61 Å². The van der Waals surface area contributed by atoms with E-state index in [-0.39, 0.29) is 12.5 Å². The van der Waals surface area contributed by atoms with E-state index in [1.165, 1.54) is 0 Å². The van der Waals surface area contributed by atoms with E-state index in [1.54, 1.807) is 19.2 Å². The molecule has 2 aromatic carbocycles. The van der Waals surface area contributed by atoms with Crippen molar-refractivity contribution in [3.8, 4) is 11.5 Å². The second-order valence-electron chi connectivity index (χ2n) is 4.53. The van der Waals surface area contributed by atoms with Crippen LogP contribution in [0.4, 0.5) is 5.69 Å². The Morgan fingerprint density at radius 1 is 1.10 bits per heavy atom. The molecule has 0 aliphatic heterocycles. The van der Waals surface area contributed by atoms with Crippen LogP contribution in [0.2, 0.25) is 0 Å². The first-order chi connectivity index (χ1) is 10.2. The predicted molar refractivity (Wildman–Crippen MR) is 82.9 cm³/mol. The van der Waals surface area contributed by atoms with Gasteiger partial charge >= 0.3 is 0 Å². The van der Waals surface area contributed by atoms with Crippen LogP contribution in [0, 0.1) is 0 Å². The van der Waals surface area contributed by atoms with Gasteiger partial charge in [0.25, 0.3) is 5.91 Å². The fraction of sp³-hybridized carbons (Fsp3) is 0.235. The fourth-order valence-electron chi connectivity index (χ4n) is 1.98. The minimum Gasteiger partial charge on any atom is -0.497 e. The monoisotopic (exact) mass is 285 g/mol. The lowest BCUT2D eigenvalue weighted by Crippen LogP contribution is -2.20. The summed E-state index contributed by atoms with van der Waals surface area (Å²) in [5, 5.41) is 2.87. The number of rotatable bonds is 6. The number of methoxy groups -OCH3 is 1. The molecule has 0 spiro atoms. The third-order valence-electron chi connectivity index (χ3n) is 3.08. The Labute approximate surface area is 124 Å². The highest BCUT2D eigenvalue weighted by atomic mass is 16.5. The van der Waals surface area contributed by atoms with Crippen molar-refractivity contribution in [2.45, 2.75) is 13.3 Å². The molecule has 0 saturated carbocycles. The number of carbonyl (C=O) groups is 1. The molecule has 0 aliphatic carbocycles. The molecule has 1 N–H and O–H groups in total. The molecule has 0 bridgehead atoms. The summed E-state index contributed by atoms with van der Waals surface area (Å²) >= 11 is 0. The molecule has 0 saturated heterocycles. The van der Waals surface area contributed by atoms with Crippen molar-refractivity contribution in [3.05, 3.63) is 54.1 Å². The molecule has 2 aromatic rings. The molecular formula is C17H19NO3. The van der Waals surface area contributed by atoms with E-state index in [0.717, 1.165) is 17.7 Å². The number of nitrogens with one attached hydrogen (secondary N) is 1. The summed E-state index contributed by atoms with van der Waals surface area (Å²) < 4.78 is 10.6. The fourth-order valence-corrected chi connectivity index (χ4v) is 1.98. The molecule has 2 rings (SSSR count). The number of anilines is 1. The van der Waals surface area contributed by atoms with Gasteiger partial charge in [-0.2, -0.15) is 0 Å². The summed E-state index contributed by atoms with van der Waals surface area (Å²) in [6.07, 6.45) is 0.868. The van der Waals surface area contributed by atoms with Crippen LogP contribution in [0.5, 0.6) is 11.5 Å². The van der Waals surface area contributed by atoms with Crippen LogP contribution < -0.4 is 14.8 Å². The number of ether oxygens (including phenoxy) is 2. The second kappa shape index (κ2) is 7.33. The lowest BCUT2D eigenvalue weighted by atomic mass is 10.1. The van der Waals surface area contributed by atoms with Gasteiger partial charge in [-0.15, -0.1) is 0 Å². The Balaban J connectivity index is 1.92.